The summed E-state index contributed by atoms with van der Waals surface area (Å²) in [5.41, 5.74) is -0.842. The number of carbonyl (C=O) groups excluding carboxylic acids is 1. The molecular weight excluding hydrogens is 398 g/mol. The summed E-state index contributed by atoms with van der Waals surface area (Å²) in [7, 11) is 1.61. The third-order valence-electron chi connectivity index (χ3n) is 7.90. The Balaban J connectivity index is 1.75. The maximum atomic E-state index is 12.7. The topological polar surface area (TPSA) is 101 Å². The van der Waals surface area contributed by atoms with Crippen LogP contribution in [0.2, 0.25) is 0 Å². The van der Waals surface area contributed by atoms with Gasteiger partial charge in [0.1, 0.15) is 12.2 Å². The molecule has 0 bridgehead atoms. The van der Waals surface area contributed by atoms with Gasteiger partial charge in [-0.05, 0) is 58.8 Å². The van der Waals surface area contributed by atoms with Crippen molar-refractivity contribution >= 4 is 6.09 Å². The minimum absolute atomic E-state index is 0.0187. The Bertz CT molecular complexity index is 661. The molecule has 31 heavy (non-hydrogen) atoms. The number of hydrogen-bond donors (Lipinski definition) is 3. The number of rotatable bonds is 8. The molecule has 7 nitrogen and oxygen atoms in total. The first kappa shape index (κ1) is 24.5. The van der Waals surface area contributed by atoms with Crippen molar-refractivity contribution in [3.8, 4) is 0 Å². The van der Waals surface area contributed by atoms with Gasteiger partial charge in [-0.25, -0.2) is 4.79 Å². The Labute approximate surface area is 186 Å². The van der Waals surface area contributed by atoms with Gasteiger partial charge in [0.05, 0.1) is 30.0 Å². The predicted molar refractivity (Wildman–Crippen MR) is 118 cm³/mol. The smallest absolute Gasteiger partial charge is 0.408 e. The van der Waals surface area contributed by atoms with E-state index in [1.54, 1.807) is 7.11 Å². The van der Waals surface area contributed by atoms with Crippen molar-refractivity contribution in [1.29, 1.82) is 0 Å². The molecule has 1 heterocycles. The van der Waals surface area contributed by atoms with E-state index in [2.05, 4.69) is 25.2 Å². The van der Waals surface area contributed by atoms with Crippen LogP contribution in [0, 0.1) is 11.8 Å². The van der Waals surface area contributed by atoms with Crippen molar-refractivity contribution in [3.63, 3.8) is 0 Å². The van der Waals surface area contributed by atoms with Crippen LogP contribution < -0.4 is 5.32 Å². The van der Waals surface area contributed by atoms with E-state index < -0.39 is 35.0 Å². The van der Waals surface area contributed by atoms with Gasteiger partial charge in [-0.2, -0.15) is 0 Å². The molecule has 0 aromatic rings. The van der Waals surface area contributed by atoms with Crippen LogP contribution in [0.1, 0.15) is 72.6 Å². The number of carbonyl (C=O) groups is 1. The van der Waals surface area contributed by atoms with Gasteiger partial charge in [-0.15, -0.1) is 0 Å². The molecule has 7 heteroatoms. The first-order valence-electron chi connectivity index (χ1n) is 11.7. The van der Waals surface area contributed by atoms with E-state index >= 15 is 0 Å². The summed E-state index contributed by atoms with van der Waals surface area (Å²) in [4.78, 5) is 12.7. The fraction of sp³-hybridized carbons (Fsp3) is 0.875. The minimum atomic E-state index is -1.06. The number of hydrogen-bond acceptors (Lipinski definition) is 6. The lowest BCUT2D eigenvalue weighted by Crippen LogP contribution is -2.61. The monoisotopic (exact) mass is 439 g/mol. The highest BCUT2D eigenvalue weighted by Gasteiger charge is 2.65. The Morgan fingerprint density at radius 1 is 1.32 bits per heavy atom. The van der Waals surface area contributed by atoms with Gasteiger partial charge in [0.25, 0.3) is 0 Å². The number of aliphatic hydroxyl groups is 2. The maximum absolute atomic E-state index is 12.7. The van der Waals surface area contributed by atoms with Gasteiger partial charge in [0.15, 0.2) is 0 Å². The van der Waals surface area contributed by atoms with Gasteiger partial charge >= 0.3 is 6.09 Å². The summed E-state index contributed by atoms with van der Waals surface area (Å²) >= 11 is 0. The third kappa shape index (κ3) is 5.10. The molecule has 178 valence electrons. The predicted octanol–water partition coefficient (Wildman–Crippen LogP) is 3.32. The Hall–Kier alpha value is -1.15. The molecule has 1 amide bonds. The molecule has 1 saturated heterocycles. The number of ether oxygens (including phenoxy) is 3. The molecule has 2 saturated carbocycles. The zero-order chi connectivity index (χ0) is 22.9. The number of epoxide rings is 1. The number of allylic oxidation sites excluding steroid dienone is 2. The summed E-state index contributed by atoms with van der Waals surface area (Å²) in [5.74, 6) is -0.328. The number of alkyl carbamates (subject to hydrolysis) is 1. The summed E-state index contributed by atoms with van der Waals surface area (Å²) < 4.78 is 17.6. The average Bonchev–Trinajstić information content (AvgIpc) is 3.33. The summed E-state index contributed by atoms with van der Waals surface area (Å²) in [5, 5.41) is 24.4. The highest BCUT2D eigenvalue weighted by Crippen LogP contribution is 2.54. The molecule has 6 atom stereocenters. The first-order valence-corrected chi connectivity index (χ1v) is 11.7. The van der Waals surface area contributed by atoms with Crippen molar-refractivity contribution in [1.82, 2.24) is 5.32 Å². The minimum Gasteiger partial charge on any atom is -0.443 e. The zero-order valence-corrected chi connectivity index (χ0v) is 19.8. The quantitative estimate of drug-likeness (QED) is 0.396. The van der Waals surface area contributed by atoms with Crippen LogP contribution in [-0.2, 0) is 14.2 Å². The highest BCUT2D eigenvalue weighted by atomic mass is 16.6. The van der Waals surface area contributed by atoms with E-state index in [0.29, 0.717) is 19.4 Å². The second-order valence-electron chi connectivity index (χ2n) is 10.4. The molecule has 3 aliphatic rings. The van der Waals surface area contributed by atoms with Crippen molar-refractivity contribution in [2.45, 2.75) is 102 Å². The average molecular weight is 440 g/mol. The van der Waals surface area contributed by atoms with Crippen LogP contribution in [0.5, 0.6) is 0 Å². The van der Waals surface area contributed by atoms with Crippen molar-refractivity contribution < 1.29 is 29.2 Å². The lowest BCUT2D eigenvalue weighted by atomic mass is 9.63. The second-order valence-corrected chi connectivity index (χ2v) is 10.4. The van der Waals surface area contributed by atoms with Crippen LogP contribution in [0.25, 0.3) is 0 Å². The Kier molecular flexibility index (Phi) is 7.41. The maximum Gasteiger partial charge on any atom is 0.408 e. The van der Waals surface area contributed by atoms with E-state index in [4.69, 9.17) is 14.2 Å². The van der Waals surface area contributed by atoms with Gasteiger partial charge in [0.2, 0.25) is 0 Å². The van der Waals surface area contributed by atoms with E-state index in [9.17, 15) is 15.0 Å². The first-order chi connectivity index (χ1) is 14.6. The molecule has 2 aliphatic carbocycles. The number of nitrogens with one attached hydrogen (secondary N) is 1. The van der Waals surface area contributed by atoms with Crippen LogP contribution in [0.15, 0.2) is 11.6 Å². The number of amides is 1. The molecule has 0 aromatic carbocycles. The largest absolute Gasteiger partial charge is 0.443 e. The van der Waals surface area contributed by atoms with E-state index in [1.165, 1.54) is 5.57 Å². The fourth-order valence-corrected chi connectivity index (χ4v) is 5.63. The molecule has 4 unspecified atom stereocenters. The van der Waals surface area contributed by atoms with Gasteiger partial charge < -0.3 is 29.7 Å². The van der Waals surface area contributed by atoms with Gasteiger partial charge in [0, 0.05) is 13.0 Å². The molecular formula is C24H41NO6. The highest BCUT2D eigenvalue weighted by molar-refractivity contribution is 5.68. The summed E-state index contributed by atoms with van der Waals surface area (Å²) in [6.45, 7) is 8.52. The lowest BCUT2D eigenvalue weighted by molar-refractivity contribution is -0.178. The van der Waals surface area contributed by atoms with Gasteiger partial charge in [-0.1, -0.05) is 31.4 Å². The Morgan fingerprint density at radius 2 is 1.97 bits per heavy atom. The summed E-state index contributed by atoms with van der Waals surface area (Å²) in [6, 6.07) is 0. The van der Waals surface area contributed by atoms with E-state index in [1.807, 2.05) is 13.8 Å². The standard InChI is InChI=1S/C24H41NO6/c1-16(2)8-9-17(3)22(4,28)20-19(29-5)18(10-13-24(20)15-30-24)31-21(27)25-23(14-26)11-6-7-12-23/h8,17-20,26,28H,6-7,9-15H2,1-5H3,(H,25,27)/t17-,18?,19?,20?,22?,24+/m1/s1. The molecule has 0 radical (unpaired) electrons. The van der Waals surface area contributed by atoms with Crippen molar-refractivity contribution in [2.24, 2.45) is 11.8 Å². The zero-order valence-electron chi connectivity index (χ0n) is 19.8. The number of aliphatic hydroxyl groups excluding tert-OH is 1. The SMILES string of the molecule is COC1C(OC(=O)NC2(CO)CCCC2)CC[C@]2(CO2)C1C(C)(O)[C@H](C)CC=C(C)C. The van der Waals surface area contributed by atoms with Crippen LogP contribution in [-0.4, -0.2) is 65.6 Å². The normalized spacial score (nSPS) is 34.6. The van der Waals surface area contributed by atoms with E-state index in [-0.39, 0.29) is 18.4 Å². The molecule has 3 fully saturated rings. The second kappa shape index (κ2) is 9.38. The van der Waals surface area contributed by atoms with Crippen LogP contribution in [0.3, 0.4) is 0 Å². The summed E-state index contributed by atoms with van der Waals surface area (Å²) in [6.07, 6.45) is 6.23. The molecule has 3 N–H and O–H groups in total. The number of methoxy groups -OCH3 is 1. The lowest BCUT2D eigenvalue weighted by Gasteiger charge is -2.49. The van der Waals surface area contributed by atoms with Crippen LogP contribution >= 0.6 is 0 Å². The van der Waals surface area contributed by atoms with Crippen molar-refractivity contribution in [3.05, 3.63) is 11.6 Å². The van der Waals surface area contributed by atoms with Crippen molar-refractivity contribution in [2.75, 3.05) is 20.3 Å². The fourth-order valence-electron chi connectivity index (χ4n) is 5.63. The van der Waals surface area contributed by atoms with E-state index in [0.717, 1.165) is 32.1 Å². The van der Waals surface area contributed by atoms with Crippen LogP contribution in [0.4, 0.5) is 4.79 Å². The third-order valence-corrected chi connectivity index (χ3v) is 7.90. The molecule has 1 aliphatic heterocycles. The Morgan fingerprint density at radius 3 is 2.48 bits per heavy atom. The van der Waals surface area contributed by atoms with Gasteiger partial charge in [-0.3, -0.25) is 0 Å². The molecule has 0 aromatic heterocycles. The molecule has 1 spiro atoms. The molecule has 3 rings (SSSR count).